The van der Waals surface area contributed by atoms with Gasteiger partial charge in [-0.1, -0.05) is 30.3 Å². The monoisotopic (exact) mass is 425 g/mol. The van der Waals surface area contributed by atoms with Crippen molar-refractivity contribution in [1.82, 2.24) is 15.5 Å². The van der Waals surface area contributed by atoms with Crippen molar-refractivity contribution in [2.75, 3.05) is 19.6 Å². The standard InChI is InChI=1S/C21H32ClN3O4/c1-15(24-20(27)29-21(2,3)4)13-23-17-11-8-12-25(14-17)18(28-19(22)26)16-9-6-5-7-10-16/h5-7,9-10,15,17-18,23H,8,11-14H2,1-4H3,(H,24,27). The average Bonchev–Trinajstić information content (AvgIpc) is 2.63. The molecular weight excluding hydrogens is 394 g/mol. The zero-order valence-corrected chi connectivity index (χ0v) is 18.4. The summed E-state index contributed by atoms with van der Waals surface area (Å²) >= 11 is 5.52. The van der Waals surface area contributed by atoms with Gasteiger partial charge in [0.05, 0.1) is 0 Å². The van der Waals surface area contributed by atoms with Gasteiger partial charge in [-0.25, -0.2) is 9.59 Å². The van der Waals surface area contributed by atoms with Crippen molar-refractivity contribution in [2.45, 2.75) is 64.4 Å². The van der Waals surface area contributed by atoms with Gasteiger partial charge in [0.1, 0.15) is 5.60 Å². The molecule has 3 atom stereocenters. The van der Waals surface area contributed by atoms with Crippen molar-refractivity contribution in [3.63, 3.8) is 0 Å². The summed E-state index contributed by atoms with van der Waals surface area (Å²) in [7, 11) is 0. The van der Waals surface area contributed by atoms with Gasteiger partial charge in [0, 0.05) is 48.9 Å². The van der Waals surface area contributed by atoms with Gasteiger partial charge in [0.2, 0.25) is 0 Å². The summed E-state index contributed by atoms with van der Waals surface area (Å²) in [6, 6.07) is 9.73. The summed E-state index contributed by atoms with van der Waals surface area (Å²) in [6.07, 6.45) is 1.04. The Balaban J connectivity index is 1.89. The number of carbonyl (C=O) groups is 2. The molecule has 162 valence electrons. The van der Waals surface area contributed by atoms with E-state index in [1.165, 1.54) is 0 Å². The van der Waals surface area contributed by atoms with E-state index in [2.05, 4.69) is 15.5 Å². The van der Waals surface area contributed by atoms with Crippen molar-refractivity contribution >= 4 is 23.1 Å². The molecular formula is C21H32ClN3O4. The van der Waals surface area contributed by atoms with E-state index in [-0.39, 0.29) is 12.1 Å². The van der Waals surface area contributed by atoms with Crippen LogP contribution in [0.25, 0.3) is 0 Å². The maximum absolute atomic E-state index is 11.9. The van der Waals surface area contributed by atoms with Gasteiger partial charge in [-0.3, -0.25) is 4.90 Å². The molecule has 1 aromatic rings. The van der Waals surface area contributed by atoms with E-state index >= 15 is 0 Å². The molecule has 3 unspecified atom stereocenters. The quantitative estimate of drug-likeness (QED) is 0.642. The molecule has 0 saturated carbocycles. The van der Waals surface area contributed by atoms with Gasteiger partial charge in [-0.2, -0.15) is 0 Å². The number of piperidine rings is 1. The van der Waals surface area contributed by atoms with Crippen molar-refractivity contribution < 1.29 is 19.1 Å². The molecule has 8 heteroatoms. The number of hydrogen-bond acceptors (Lipinski definition) is 6. The van der Waals surface area contributed by atoms with E-state index in [1.54, 1.807) is 0 Å². The van der Waals surface area contributed by atoms with E-state index < -0.39 is 23.4 Å². The van der Waals surface area contributed by atoms with Crippen LogP contribution < -0.4 is 10.6 Å². The van der Waals surface area contributed by atoms with Crippen LogP contribution in [0.4, 0.5) is 9.59 Å². The van der Waals surface area contributed by atoms with Crippen molar-refractivity contribution in [3.05, 3.63) is 35.9 Å². The Hall–Kier alpha value is -1.83. The minimum atomic E-state index is -0.816. The average molecular weight is 426 g/mol. The lowest BCUT2D eigenvalue weighted by molar-refractivity contribution is -0.0218. The van der Waals surface area contributed by atoms with Crippen molar-refractivity contribution in [2.24, 2.45) is 0 Å². The van der Waals surface area contributed by atoms with Crippen LogP contribution in [0.1, 0.15) is 52.3 Å². The highest BCUT2D eigenvalue weighted by molar-refractivity contribution is 6.61. The number of nitrogens with zero attached hydrogens (tertiary/aromatic N) is 1. The SMILES string of the molecule is CC(CNC1CCCN(C(OC(=O)Cl)c2ccccc2)C1)NC(=O)OC(C)(C)C. The zero-order chi connectivity index (χ0) is 21.4. The summed E-state index contributed by atoms with van der Waals surface area (Å²) in [5.74, 6) is 0. The smallest absolute Gasteiger partial charge is 0.407 e. The molecule has 0 bridgehead atoms. The fraction of sp³-hybridized carbons (Fsp3) is 0.619. The molecule has 7 nitrogen and oxygen atoms in total. The second-order valence-electron chi connectivity index (χ2n) is 8.41. The summed E-state index contributed by atoms with van der Waals surface area (Å²) < 4.78 is 10.7. The van der Waals surface area contributed by atoms with Crippen LogP contribution in [-0.4, -0.2) is 53.7 Å². The fourth-order valence-corrected chi connectivity index (χ4v) is 3.43. The number of likely N-dealkylation sites (tertiary alicyclic amines) is 1. The van der Waals surface area contributed by atoms with Crippen LogP contribution in [0.5, 0.6) is 0 Å². The lowest BCUT2D eigenvalue weighted by atomic mass is 10.0. The molecule has 0 radical (unpaired) electrons. The Kier molecular flexibility index (Phi) is 8.74. The maximum Gasteiger partial charge on any atom is 0.407 e. The van der Waals surface area contributed by atoms with Gasteiger partial charge in [-0.05, 0) is 40.5 Å². The molecule has 2 N–H and O–H groups in total. The normalized spacial score (nSPS) is 19.8. The Morgan fingerprint density at radius 2 is 1.97 bits per heavy atom. The van der Waals surface area contributed by atoms with E-state index in [1.807, 2.05) is 58.0 Å². The number of ether oxygens (including phenoxy) is 2. The van der Waals surface area contributed by atoms with Crippen molar-refractivity contribution in [1.29, 1.82) is 0 Å². The summed E-state index contributed by atoms with van der Waals surface area (Å²) in [5.41, 5.74) is -0.445. The molecule has 1 fully saturated rings. The van der Waals surface area contributed by atoms with Gasteiger partial charge < -0.3 is 20.1 Å². The van der Waals surface area contributed by atoms with Crippen LogP contribution in [0.15, 0.2) is 30.3 Å². The molecule has 0 aromatic heterocycles. The molecule has 1 heterocycles. The second kappa shape index (κ2) is 10.8. The second-order valence-corrected chi connectivity index (χ2v) is 8.72. The Labute approximate surface area is 178 Å². The predicted octanol–water partition coefficient (Wildman–Crippen LogP) is 4.03. The third-order valence-corrected chi connectivity index (χ3v) is 4.64. The number of nitrogens with one attached hydrogen (secondary N) is 2. The molecule has 1 saturated heterocycles. The minimum Gasteiger partial charge on any atom is -0.444 e. The summed E-state index contributed by atoms with van der Waals surface area (Å²) in [4.78, 5) is 25.4. The van der Waals surface area contributed by atoms with Gasteiger partial charge in [0.25, 0.3) is 0 Å². The Morgan fingerprint density at radius 1 is 1.28 bits per heavy atom. The predicted molar refractivity (Wildman–Crippen MR) is 113 cm³/mol. The number of halogens is 1. The van der Waals surface area contributed by atoms with Gasteiger partial charge in [0.15, 0.2) is 6.23 Å². The summed E-state index contributed by atoms with van der Waals surface area (Å²) in [6.45, 7) is 9.58. The fourth-order valence-electron chi connectivity index (χ4n) is 3.35. The molecule has 2 rings (SSSR count). The third-order valence-electron chi connectivity index (χ3n) is 4.55. The van der Waals surface area contributed by atoms with Crippen LogP contribution in [0.2, 0.25) is 0 Å². The first-order valence-corrected chi connectivity index (χ1v) is 10.4. The number of benzene rings is 1. The number of carbonyl (C=O) groups excluding carboxylic acids is 2. The van der Waals surface area contributed by atoms with Gasteiger partial charge >= 0.3 is 11.5 Å². The number of rotatable bonds is 7. The highest BCUT2D eigenvalue weighted by Crippen LogP contribution is 2.26. The largest absolute Gasteiger partial charge is 0.444 e. The molecule has 1 aliphatic rings. The van der Waals surface area contributed by atoms with Gasteiger partial charge in [-0.15, -0.1) is 0 Å². The number of alkyl carbamates (subject to hydrolysis) is 1. The molecule has 0 spiro atoms. The van der Waals surface area contributed by atoms with E-state index in [4.69, 9.17) is 21.1 Å². The maximum atomic E-state index is 11.9. The molecule has 29 heavy (non-hydrogen) atoms. The van der Waals surface area contributed by atoms with Crippen LogP contribution >= 0.6 is 11.6 Å². The van der Waals surface area contributed by atoms with Crippen LogP contribution in [0, 0.1) is 0 Å². The lowest BCUT2D eigenvalue weighted by Gasteiger charge is -2.38. The Morgan fingerprint density at radius 3 is 2.59 bits per heavy atom. The number of amides is 1. The molecule has 1 aliphatic heterocycles. The number of hydrogen-bond donors (Lipinski definition) is 2. The molecule has 1 aromatic carbocycles. The topological polar surface area (TPSA) is 79.9 Å². The molecule has 0 aliphatic carbocycles. The highest BCUT2D eigenvalue weighted by atomic mass is 35.5. The first-order valence-electron chi connectivity index (χ1n) is 10.0. The highest BCUT2D eigenvalue weighted by Gasteiger charge is 2.29. The molecule has 1 amide bonds. The zero-order valence-electron chi connectivity index (χ0n) is 17.6. The van der Waals surface area contributed by atoms with E-state index in [9.17, 15) is 9.59 Å². The lowest BCUT2D eigenvalue weighted by Crippen LogP contribution is -2.51. The van der Waals surface area contributed by atoms with E-state index in [0.29, 0.717) is 13.1 Å². The van der Waals surface area contributed by atoms with E-state index in [0.717, 1.165) is 24.9 Å². The van der Waals surface area contributed by atoms with Crippen molar-refractivity contribution in [3.8, 4) is 0 Å². The third kappa shape index (κ3) is 8.60. The van der Waals surface area contributed by atoms with Crippen LogP contribution in [-0.2, 0) is 9.47 Å². The Bertz CT molecular complexity index is 666. The summed E-state index contributed by atoms with van der Waals surface area (Å²) in [5, 5.41) is 6.33. The first-order chi connectivity index (χ1) is 13.6. The minimum absolute atomic E-state index is 0.0779. The van der Waals surface area contributed by atoms with Crippen LogP contribution in [0.3, 0.4) is 0 Å². The first kappa shape index (κ1) is 23.4.